The van der Waals surface area contributed by atoms with Gasteiger partial charge in [0.25, 0.3) is 0 Å². The summed E-state index contributed by atoms with van der Waals surface area (Å²) < 4.78 is 0. The quantitative estimate of drug-likeness (QED) is 0.577. The van der Waals surface area contributed by atoms with Gasteiger partial charge in [0.05, 0.1) is 0 Å². The van der Waals surface area contributed by atoms with Gasteiger partial charge in [0.2, 0.25) is 11.8 Å². The van der Waals surface area contributed by atoms with Crippen LogP contribution >= 0.6 is 0 Å². The first-order valence-corrected chi connectivity index (χ1v) is 6.48. The summed E-state index contributed by atoms with van der Waals surface area (Å²) in [5.41, 5.74) is 0. The standard InChI is InChI=1S/C8H16N2O.C6H9NO/c1-4-8(11)9-6-5-7-10(2)3;1-2-7-5-3-4-6(7)8/h4H,1,5-7H2,2-3H3,(H,9,11);2H,1,3-5H2. The fourth-order valence-electron chi connectivity index (χ4n) is 1.54. The van der Waals surface area contributed by atoms with E-state index in [-0.39, 0.29) is 11.8 Å². The number of hydrogen-bond donors (Lipinski definition) is 1. The van der Waals surface area contributed by atoms with Gasteiger partial charge in [-0.3, -0.25) is 9.59 Å². The summed E-state index contributed by atoms with van der Waals surface area (Å²) in [5.74, 6) is 0.115. The molecule has 0 radical (unpaired) electrons. The molecular formula is C14H25N3O2. The molecule has 1 fully saturated rings. The van der Waals surface area contributed by atoms with Crippen LogP contribution in [-0.4, -0.2) is 55.3 Å². The molecule has 1 heterocycles. The van der Waals surface area contributed by atoms with E-state index in [2.05, 4.69) is 23.4 Å². The summed E-state index contributed by atoms with van der Waals surface area (Å²) in [7, 11) is 4.02. The van der Waals surface area contributed by atoms with Gasteiger partial charge in [0.1, 0.15) is 0 Å². The minimum atomic E-state index is -0.0937. The van der Waals surface area contributed by atoms with E-state index in [0.29, 0.717) is 6.42 Å². The number of nitrogens with one attached hydrogen (secondary N) is 1. The molecule has 19 heavy (non-hydrogen) atoms. The molecule has 0 spiro atoms. The fraction of sp³-hybridized carbons (Fsp3) is 0.571. The SMILES string of the molecule is C=CC(=O)NCCCN(C)C.C=CN1CCCC1=O. The molecule has 0 aromatic carbocycles. The molecule has 0 aromatic rings. The van der Waals surface area contributed by atoms with Crippen LogP contribution in [-0.2, 0) is 9.59 Å². The smallest absolute Gasteiger partial charge is 0.243 e. The lowest BCUT2D eigenvalue weighted by molar-refractivity contribution is -0.125. The van der Waals surface area contributed by atoms with E-state index >= 15 is 0 Å². The largest absolute Gasteiger partial charge is 0.353 e. The van der Waals surface area contributed by atoms with Crippen molar-refractivity contribution in [1.82, 2.24) is 15.1 Å². The van der Waals surface area contributed by atoms with Crippen molar-refractivity contribution < 1.29 is 9.59 Å². The molecule has 1 rings (SSSR count). The first kappa shape index (κ1) is 17.4. The molecule has 1 aliphatic heterocycles. The van der Waals surface area contributed by atoms with Crippen molar-refractivity contribution >= 4 is 11.8 Å². The second-order valence-electron chi connectivity index (χ2n) is 4.53. The van der Waals surface area contributed by atoms with Crippen LogP contribution in [0.15, 0.2) is 25.4 Å². The minimum absolute atomic E-state index is 0.0937. The summed E-state index contributed by atoms with van der Waals surface area (Å²) in [6.07, 6.45) is 5.55. The van der Waals surface area contributed by atoms with Crippen molar-refractivity contribution in [3.8, 4) is 0 Å². The average Bonchev–Trinajstić information content (AvgIpc) is 2.80. The van der Waals surface area contributed by atoms with Crippen LogP contribution < -0.4 is 5.32 Å². The number of carbonyl (C=O) groups excluding carboxylic acids is 2. The van der Waals surface area contributed by atoms with Crippen molar-refractivity contribution in [1.29, 1.82) is 0 Å². The third kappa shape index (κ3) is 9.02. The van der Waals surface area contributed by atoms with Crippen LogP contribution in [0.3, 0.4) is 0 Å². The Bertz CT molecular complexity index is 314. The molecule has 0 saturated carbocycles. The predicted molar refractivity (Wildman–Crippen MR) is 77.5 cm³/mol. The molecule has 108 valence electrons. The predicted octanol–water partition coefficient (Wildman–Crippen LogP) is 0.993. The molecule has 1 saturated heterocycles. The topological polar surface area (TPSA) is 52.7 Å². The highest BCUT2D eigenvalue weighted by molar-refractivity contribution is 5.86. The molecule has 1 aliphatic rings. The first-order chi connectivity index (χ1) is 9.01. The lowest BCUT2D eigenvalue weighted by atomic mass is 10.4. The number of hydrogen-bond acceptors (Lipinski definition) is 3. The molecule has 5 heteroatoms. The van der Waals surface area contributed by atoms with E-state index in [0.717, 1.165) is 32.5 Å². The van der Waals surface area contributed by atoms with E-state index in [4.69, 9.17) is 0 Å². The Labute approximate surface area is 115 Å². The molecular weight excluding hydrogens is 242 g/mol. The first-order valence-electron chi connectivity index (χ1n) is 6.48. The van der Waals surface area contributed by atoms with Crippen LogP contribution in [0.2, 0.25) is 0 Å². The van der Waals surface area contributed by atoms with E-state index in [1.807, 2.05) is 14.1 Å². The number of amides is 2. The maximum absolute atomic E-state index is 10.7. The summed E-state index contributed by atoms with van der Waals surface area (Å²) >= 11 is 0. The van der Waals surface area contributed by atoms with Crippen molar-refractivity contribution in [2.24, 2.45) is 0 Å². The molecule has 0 aliphatic carbocycles. The molecule has 0 atom stereocenters. The number of likely N-dealkylation sites (tertiary alicyclic amines) is 1. The zero-order chi connectivity index (χ0) is 14.7. The maximum Gasteiger partial charge on any atom is 0.243 e. The van der Waals surface area contributed by atoms with Crippen molar-refractivity contribution in [3.63, 3.8) is 0 Å². The molecule has 2 amide bonds. The minimum Gasteiger partial charge on any atom is -0.353 e. The van der Waals surface area contributed by atoms with Gasteiger partial charge in [-0.15, -0.1) is 0 Å². The van der Waals surface area contributed by atoms with Gasteiger partial charge < -0.3 is 15.1 Å². The third-order valence-electron chi connectivity index (χ3n) is 2.60. The van der Waals surface area contributed by atoms with E-state index in [1.54, 1.807) is 11.1 Å². The summed E-state index contributed by atoms with van der Waals surface area (Å²) in [5, 5.41) is 2.70. The second-order valence-corrected chi connectivity index (χ2v) is 4.53. The van der Waals surface area contributed by atoms with Crippen LogP contribution in [0.4, 0.5) is 0 Å². The molecule has 0 unspecified atom stereocenters. The average molecular weight is 267 g/mol. The van der Waals surface area contributed by atoms with E-state index in [1.165, 1.54) is 6.08 Å². The van der Waals surface area contributed by atoms with E-state index in [9.17, 15) is 9.59 Å². The van der Waals surface area contributed by atoms with Gasteiger partial charge in [0.15, 0.2) is 0 Å². The Balaban J connectivity index is 0.000000356. The Morgan fingerprint density at radius 1 is 1.47 bits per heavy atom. The highest BCUT2D eigenvalue weighted by atomic mass is 16.2. The molecule has 5 nitrogen and oxygen atoms in total. The Morgan fingerprint density at radius 3 is 2.53 bits per heavy atom. The highest BCUT2D eigenvalue weighted by Gasteiger charge is 2.15. The van der Waals surface area contributed by atoms with Gasteiger partial charge in [-0.25, -0.2) is 0 Å². The molecule has 0 aromatic heterocycles. The summed E-state index contributed by atoms with van der Waals surface area (Å²) in [6.45, 7) is 9.44. The van der Waals surface area contributed by atoms with Gasteiger partial charge in [-0.2, -0.15) is 0 Å². The number of carbonyl (C=O) groups is 2. The monoisotopic (exact) mass is 267 g/mol. The molecule has 1 N–H and O–H groups in total. The van der Waals surface area contributed by atoms with Crippen LogP contribution in [0.5, 0.6) is 0 Å². The van der Waals surface area contributed by atoms with E-state index < -0.39 is 0 Å². The third-order valence-corrected chi connectivity index (χ3v) is 2.60. The second kappa shape index (κ2) is 10.3. The van der Waals surface area contributed by atoms with Crippen molar-refractivity contribution in [2.75, 3.05) is 33.7 Å². The molecule has 0 bridgehead atoms. The van der Waals surface area contributed by atoms with Gasteiger partial charge in [-0.05, 0) is 45.8 Å². The summed E-state index contributed by atoms with van der Waals surface area (Å²) in [6, 6.07) is 0. The lowest BCUT2D eigenvalue weighted by Gasteiger charge is -2.08. The van der Waals surface area contributed by atoms with Gasteiger partial charge in [0, 0.05) is 19.5 Å². The number of nitrogens with zero attached hydrogens (tertiary/aromatic N) is 2. The fourth-order valence-corrected chi connectivity index (χ4v) is 1.54. The zero-order valence-corrected chi connectivity index (χ0v) is 12.0. The van der Waals surface area contributed by atoms with Crippen LogP contribution in [0, 0.1) is 0 Å². The Kier molecular flexibility index (Phi) is 9.44. The maximum atomic E-state index is 10.7. The highest BCUT2D eigenvalue weighted by Crippen LogP contribution is 2.08. The Hall–Kier alpha value is -1.62. The number of rotatable bonds is 6. The van der Waals surface area contributed by atoms with Crippen molar-refractivity contribution in [3.05, 3.63) is 25.4 Å². The lowest BCUT2D eigenvalue weighted by Crippen LogP contribution is -2.25. The van der Waals surface area contributed by atoms with Gasteiger partial charge in [-0.1, -0.05) is 13.2 Å². The zero-order valence-electron chi connectivity index (χ0n) is 12.0. The van der Waals surface area contributed by atoms with Crippen LogP contribution in [0.25, 0.3) is 0 Å². The normalized spacial score (nSPS) is 13.8. The van der Waals surface area contributed by atoms with Crippen LogP contribution in [0.1, 0.15) is 19.3 Å². The van der Waals surface area contributed by atoms with Gasteiger partial charge >= 0.3 is 0 Å². The Morgan fingerprint density at radius 2 is 2.16 bits per heavy atom. The summed E-state index contributed by atoms with van der Waals surface area (Å²) in [4.78, 5) is 25.0. The van der Waals surface area contributed by atoms with Crippen molar-refractivity contribution in [2.45, 2.75) is 19.3 Å².